The second-order valence-corrected chi connectivity index (χ2v) is 32.5. The first kappa shape index (κ1) is 91.2. The lowest BCUT2D eigenvalue weighted by Gasteiger charge is -2.41. The molecule has 570 valence electrons. The van der Waals surface area contributed by atoms with E-state index in [0.717, 1.165) is 22.9 Å². The third-order valence-electron chi connectivity index (χ3n) is 18.5. The molecule has 6 N–H and O–H groups in total. The highest BCUT2D eigenvalue weighted by molar-refractivity contribution is 7.99. The van der Waals surface area contributed by atoms with Gasteiger partial charge in [0.2, 0.25) is 65.0 Å². The Balaban J connectivity index is 4.63. The molecule has 99 heavy (non-hydrogen) atoms. The van der Waals surface area contributed by atoms with Gasteiger partial charge in [0, 0.05) is 86.9 Å². The zero-order valence-corrected chi connectivity index (χ0v) is 66.7. The molecule has 0 aromatic rings. The average Bonchev–Trinajstić information content (AvgIpc) is 0.807. The summed E-state index contributed by atoms with van der Waals surface area (Å²) in [5.74, 6) is -8.98. The van der Waals surface area contributed by atoms with Crippen LogP contribution in [-0.4, -0.2) is 273 Å². The normalized spacial score (nSPS) is 25.9. The first-order valence-corrected chi connectivity index (χ1v) is 37.2. The molecule has 0 saturated carbocycles. The van der Waals surface area contributed by atoms with Gasteiger partial charge in [-0.3, -0.25) is 52.7 Å². The smallest absolute Gasteiger partial charge is 0.246 e. The van der Waals surface area contributed by atoms with Gasteiger partial charge >= 0.3 is 0 Å². The standard InChI is InChI=1S/C73H134N12O13S/c1-29-31-32-49(17)61(86)60-65(90)76-52(30-2)67(92)82(26)57(41-99-34-33-85(39-45(9)10)40-46(11)12)70(95)81(25)56(38-73(20,21)98)64(89)77-58(47(13)14)71(96)78(22)53(35-42(3)4)63(88)74-50(18)62(87)75-51(19)66(91)79(23)54(36-43(5)6)68(93)80(24)55(37-44(7)8)69(94)83(27)59(48(15)16)72(97)84(60)28/h29,31,42-61,86,98H,30,32-41H2,1-28H3,(H,74,88)(H,75,87)(H,76,90)(H,77,89)/t49-,50+,51-,52+,53+,54+,55+,56+,57-,58+,59+,60+,61-/m1/s1. The number of aliphatic hydroxyl groups is 2. The van der Waals surface area contributed by atoms with Crippen LogP contribution in [0.25, 0.3) is 0 Å². The molecule has 0 aromatic carbocycles. The molecule has 0 spiro atoms. The minimum atomic E-state index is -1.66. The summed E-state index contributed by atoms with van der Waals surface area (Å²) >= 11 is 1.42. The van der Waals surface area contributed by atoms with Crippen molar-refractivity contribution in [3.63, 3.8) is 0 Å². The van der Waals surface area contributed by atoms with E-state index in [1.165, 1.54) is 113 Å². The van der Waals surface area contributed by atoms with Crippen LogP contribution in [0.2, 0.25) is 0 Å². The van der Waals surface area contributed by atoms with Gasteiger partial charge in [-0.1, -0.05) is 123 Å². The summed E-state index contributed by atoms with van der Waals surface area (Å²) in [6.45, 7) is 39.9. The Morgan fingerprint density at radius 1 is 0.485 bits per heavy atom. The summed E-state index contributed by atoms with van der Waals surface area (Å²) in [5.41, 5.74) is -1.59. The highest BCUT2D eigenvalue weighted by Gasteiger charge is 2.47. The summed E-state index contributed by atoms with van der Waals surface area (Å²) in [6.07, 6.45) is 2.36. The molecule has 1 aliphatic rings. The van der Waals surface area contributed by atoms with Gasteiger partial charge in [-0.2, -0.15) is 11.8 Å². The minimum absolute atomic E-state index is 0.0138. The Morgan fingerprint density at radius 3 is 1.36 bits per heavy atom. The maximum absolute atomic E-state index is 15.6. The van der Waals surface area contributed by atoms with E-state index >= 15 is 33.6 Å². The molecule has 13 atom stereocenters. The number of likely N-dealkylation sites (N-methyl/N-ethyl adjacent to an activating group) is 7. The van der Waals surface area contributed by atoms with Crippen LogP contribution in [0.3, 0.4) is 0 Å². The number of carbonyl (C=O) groups excluding carboxylic acids is 11. The summed E-state index contributed by atoms with van der Waals surface area (Å²) in [5, 5.41) is 35.0. The Kier molecular flexibility index (Phi) is 38.6. The summed E-state index contributed by atoms with van der Waals surface area (Å²) < 4.78 is 0. The predicted octanol–water partition coefficient (Wildman–Crippen LogP) is 5.10. The number of thioether (sulfide) groups is 1. The van der Waals surface area contributed by atoms with Crippen molar-refractivity contribution in [1.29, 1.82) is 0 Å². The van der Waals surface area contributed by atoms with Crippen LogP contribution >= 0.6 is 11.8 Å². The number of amides is 11. The van der Waals surface area contributed by atoms with E-state index in [1.54, 1.807) is 54.5 Å². The van der Waals surface area contributed by atoms with Crippen LogP contribution in [0, 0.1) is 47.3 Å². The van der Waals surface area contributed by atoms with E-state index in [-0.39, 0.29) is 62.0 Å². The fourth-order valence-corrected chi connectivity index (χ4v) is 13.8. The molecule has 1 heterocycles. The molecule has 0 radical (unpaired) electrons. The highest BCUT2D eigenvalue weighted by Crippen LogP contribution is 2.27. The van der Waals surface area contributed by atoms with Crippen molar-refractivity contribution in [2.45, 2.75) is 262 Å². The van der Waals surface area contributed by atoms with Crippen molar-refractivity contribution < 1.29 is 63.0 Å². The largest absolute Gasteiger partial charge is 0.390 e. The van der Waals surface area contributed by atoms with Gasteiger partial charge in [0.1, 0.15) is 66.5 Å². The van der Waals surface area contributed by atoms with Crippen molar-refractivity contribution in [3.05, 3.63) is 12.2 Å². The Morgan fingerprint density at radius 2 is 0.909 bits per heavy atom. The van der Waals surface area contributed by atoms with Gasteiger partial charge in [0.25, 0.3) is 0 Å². The van der Waals surface area contributed by atoms with E-state index in [4.69, 9.17) is 0 Å². The lowest BCUT2D eigenvalue weighted by atomic mass is 9.91. The predicted molar refractivity (Wildman–Crippen MR) is 392 cm³/mol. The Bertz CT molecular complexity index is 2680. The van der Waals surface area contributed by atoms with Gasteiger partial charge in [0.15, 0.2) is 0 Å². The zero-order chi connectivity index (χ0) is 76.7. The number of nitrogens with one attached hydrogen (secondary N) is 4. The third-order valence-corrected chi connectivity index (χ3v) is 19.5. The molecule has 26 heteroatoms. The van der Waals surface area contributed by atoms with E-state index in [2.05, 4.69) is 53.9 Å². The SMILES string of the molecule is CC=CC[C@@H](C)[C@@H](O)[C@H]1C(=O)N[C@@H](CC)C(=O)N(C)[C@H](CSCCN(CC(C)C)CC(C)C)C(=O)N(C)[C@@H](CC(C)(C)O)C(=O)N[C@@H](C(C)C)C(=O)N(C)[C@@H](CC(C)C)C(=O)N[C@@H](C)C(=O)N[C@H](C)C(=O)N(C)[C@@H](CC(C)C)C(=O)N(C)[C@@H](CC(C)C)C(=O)N(C)[C@@H](C(C)C)C(=O)N1C. The van der Waals surface area contributed by atoms with Crippen molar-refractivity contribution in [2.75, 3.05) is 80.5 Å². The topological polar surface area (TPSA) is 302 Å². The molecule has 25 nitrogen and oxygen atoms in total. The van der Waals surface area contributed by atoms with E-state index in [9.17, 15) is 29.4 Å². The van der Waals surface area contributed by atoms with Crippen molar-refractivity contribution in [2.24, 2.45) is 47.3 Å². The highest BCUT2D eigenvalue weighted by atomic mass is 32.2. The van der Waals surface area contributed by atoms with Gasteiger partial charge < -0.3 is 70.7 Å². The van der Waals surface area contributed by atoms with Gasteiger partial charge in [-0.15, -0.1) is 0 Å². The quantitative estimate of drug-likeness (QED) is 0.0541. The van der Waals surface area contributed by atoms with Crippen LogP contribution in [-0.2, 0) is 52.7 Å². The third kappa shape index (κ3) is 27.8. The molecular weight excluding hydrogens is 1280 g/mol. The number of hydrogen-bond acceptors (Lipinski definition) is 15. The average molecular weight is 1420 g/mol. The summed E-state index contributed by atoms with van der Waals surface area (Å²) in [4.78, 5) is 176. The monoisotopic (exact) mass is 1420 g/mol. The Hall–Kier alpha value is -5.86. The molecule has 0 aromatic heterocycles. The minimum Gasteiger partial charge on any atom is -0.390 e. The second kappa shape index (κ2) is 41.9. The number of nitrogens with zero attached hydrogens (tertiary/aromatic N) is 8. The van der Waals surface area contributed by atoms with E-state index in [1.807, 2.05) is 47.6 Å². The van der Waals surface area contributed by atoms with Crippen molar-refractivity contribution >= 4 is 76.7 Å². The van der Waals surface area contributed by atoms with Crippen LogP contribution < -0.4 is 21.3 Å². The Labute approximate surface area is 599 Å². The lowest BCUT2D eigenvalue weighted by Crippen LogP contribution is -2.64. The van der Waals surface area contributed by atoms with Crippen molar-refractivity contribution in [1.82, 2.24) is 60.5 Å². The fourth-order valence-electron chi connectivity index (χ4n) is 12.7. The van der Waals surface area contributed by atoms with Crippen LogP contribution in [0.4, 0.5) is 0 Å². The van der Waals surface area contributed by atoms with Gasteiger partial charge in [-0.25, -0.2) is 0 Å². The van der Waals surface area contributed by atoms with Crippen LogP contribution in [0.1, 0.15) is 184 Å². The molecule has 0 aliphatic carbocycles. The molecule has 1 fully saturated rings. The van der Waals surface area contributed by atoms with Crippen molar-refractivity contribution in [3.8, 4) is 0 Å². The van der Waals surface area contributed by atoms with Gasteiger partial charge in [0.05, 0.1) is 11.7 Å². The molecule has 11 amide bonds. The maximum atomic E-state index is 15.6. The number of aliphatic hydroxyl groups excluding tert-OH is 1. The second-order valence-electron chi connectivity index (χ2n) is 31.3. The molecule has 0 unspecified atom stereocenters. The first-order chi connectivity index (χ1) is 45.6. The number of carbonyl (C=O) groups is 11. The van der Waals surface area contributed by atoms with Gasteiger partial charge in [-0.05, 0) is 114 Å². The fraction of sp³-hybridized carbons (Fsp3) is 0.822. The number of allylic oxidation sites excluding steroid dienone is 2. The lowest BCUT2D eigenvalue weighted by molar-refractivity contribution is -0.157. The molecule has 1 rings (SSSR count). The zero-order valence-electron chi connectivity index (χ0n) is 65.9. The molecular formula is C73H134N12O13S. The molecule has 1 aliphatic heterocycles. The van der Waals surface area contributed by atoms with E-state index < -0.39 is 161 Å². The van der Waals surface area contributed by atoms with Crippen LogP contribution in [0.5, 0.6) is 0 Å². The maximum Gasteiger partial charge on any atom is 0.246 e. The summed E-state index contributed by atoms with van der Waals surface area (Å²) in [7, 11) is 9.93. The number of hydrogen-bond donors (Lipinski definition) is 6. The molecule has 0 bridgehead atoms. The van der Waals surface area contributed by atoms with Crippen LogP contribution in [0.15, 0.2) is 12.2 Å². The van der Waals surface area contributed by atoms with E-state index in [0.29, 0.717) is 24.1 Å². The number of rotatable bonds is 24. The molecule has 1 saturated heterocycles. The first-order valence-electron chi connectivity index (χ1n) is 36.0. The summed E-state index contributed by atoms with van der Waals surface area (Å²) in [6, 6.07) is -14.4.